The molecule has 0 aromatic carbocycles. The van der Waals surface area contributed by atoms with Crippen molar-refractivity contribution in [2.45, 2.75) is 14.4 Å². The van der Waals surface area contributed by atoms with Gasteiger partial charge in [0.25, 0.3) is 0 Å². The zero-order valence-corrected chi connectivity index (χ0v) is 10.6. The molecule has 0 fully saturated rings. The Morgan fingerprint density at radius 1 is 0.850 bits per heavy atom. The van der Waals surface area contributed by atoms with E-state index in [0.29, 0.717) is 0 Å². The molecule has 0 bridgehead atoms. The highest BCUT2D eigenvalue weighted by atomic mass is 15.2. The van der Waals surface area contributed by atoms with Gasteiger partial charge in [0.15, 0.2) is 0 Å². The van der Waals surface area contributed by atoms with Gasteiger partial charge >= 0.3 is 0 Å². The minimum atomic E-state index is 0. The number of nitrogens with zero attached hydrogens (tertiary/aromatic N) is 4. The molecule has 102 valence electrons. The molecule has 4 heteroatoms. The van der Waals surface area contributed by atoms with Crippen molar-refractivity contribution in [2.75, 3.05) is 0 Å². The maximum atomic E-state index is 4.23. The molecule has 0 aliphatic carbocycles. The third kappa shape index (κ3) is 2.85. The lowest BCUT2D eigenvalue weighted by Gasteiger charge is -1.86. The van der Waals surface area contributed by atoms with Crippen LogP contribution in [0.15, 0.2) is 67.1 Å². The second-order valence-corrected chi connectivity index (χ2v) is 4.26. The van der Waals surface area contributed by atoms with E-state index in [4.69, 9.17) is 0 Å². The molecule has 4 rings (SSSR count). The van der Waals surface area contributed by atoms with Crippen LogP contribution in [0.1, 0.15) is 13.1 Å². The first-order valence-corrected chi connectivity index (χ1v) is 6.12. The van der Waals surface area contributed by atoms with Gasteiger partial charge in [0.05, 0.1) is 16.7 Å². The quantitative estimate of drug-likeness (QED) is 0.487. The van der Waals surface area contributed by atoms with E-state index >= 15 is 0 Å². The second-order valence-electron chi connectivity index (χ2n) is 4.26. The Morgan fingerprint density at radius 2 is 1.55 bits per heavy atom. The van der Waals surface area contributed by atoms with Crippen molar-refractivity contribution in [3.05, 3.63) is 72.8 Å². The molecular formula is C16H18N4. The molecule has 4 aromatic rings. The predicted octanol–water partition coefficient (Wildman–Crippen LogP) is 3.61. The smallest absolute Gasteiger partial charge is 0.0664 e. The summed E-state index contributed by atoms with van der Waals surface area (Å²) in [7, 11) is 0. The lowest BCUT2D eigenvalue weighted by molar-refractivity contribution is 0.934. The molecule has 0 N–H and O–H groups in total. The van der Waals surface area contributed by atoms with Crippen molar-refractivity contribution in [1.82, 2.24) is 19.2 Å². The zero-order chi connectivity index (χ0) is 13.1. The molecule has 0 saturated heterocycles. The molecule has 0 radical (unpaired) electrons. The molecule has 4 aromatic heterocycles. The van der Waals surface area contributed by atoms with Gasteiger partial charge in [0.1, 0.15) is 0 Å². The van der Waals surface area contributed by atoms with Gasteiger partial charge in [0, 0.05) is 18.6 Å². The Hall–Kier alpha value is -2.62. The number of fused-ring (bicyclic) bond motifs is 2. The molecular weight excluding hydrogens is 248 g/mol. The fourth-order valence-electron chi connectivity index (χ4n) is 1.93. The molecule has 0 aliphatic heterocycles. The van der Waals surface area contributed by atoms with Crippen molar-refractivity contribution in [1.29, 1.82) is 0 Å². The Bertz CT molecular complexity index is 735. The Kier molecular flexibility index (Phi) is 4.15. The number of hydrogen-bond donors (Lipinski definition) is 0. The Labute approximate surface area is 118 Å². The molecule has 4 heterocycles. The molecule has 0 spiro atoms. The number of hydrogen-bond acceptors (Lipinski definition) is 2. The highest BCUT2D eigenvalue weighted by Crippen LogP contribution is 2.03. The van der Waals surface area contributed by atoms with E-state index in [9.17, 15) is 0 Å². The maximum absolute atomic E-state index is 4.23. The molecule has 0 saturated carbocycles. The third-order valence-corrected chi connectivity index (χ3v) is 2.80. The van der Waals surface area contributed by atoms with Gasteiger partial charge in [-0.05, 0) is 43.3 Å². The van der Waals surface area contributed by atoms with Crippen LogP contribution in [0, 0.1) is 6.92 Å². The second kappa shape index (κ2) is 6.02. The molecule has 0 amide bonds. The van der Waals surface area contributed by atoms with Gasteiger partial charge in [-0.1, -0.05) is 19.6 Å². The van der Waals surface area contributed by atoms with E-state index in [1.54, 1.807) is 6.20 Å². The maximum Gasteiger partial charge on any atom is 0.0664 e. The highest BCUT2D eigenvalue weighted by Gasteiger charge is 1.92. The molecule has 0 unspecified atom stereocenters. The van der Waals surface area contributed by atoms with Crippen molar-refractivity contribution in [2.24, 2.45) is 0 Å². The minimum Gasteiger partial charge on any atom is -0.241 e. The van der Waals surface area contributed by atoms with E-state index < -0.39 is 0 Å². The van der Waals surface area contributed by atoms with Crippen LogP contribution in [0.25, 0.3) is 11.0 Å². The van der Waals surface area contributed by atoms with E-state index in [1.165, 1.54) is 0 Å². The van der Waals surface area contributed by atoms with Crippen molar-refractivity contribution >= 4 is 11.0 Å². The van der Waals surface area contributed by atoms with Crippen molar-refractivity contribution < 1.29 is 0 Å². The minimum absolute atomic E-state index is 0. The van der Waals surface area contributed by atoms with Crippen LogP contribution in [0.5, 0.6) is 0 Å². The first-order valence-electron chi connectivity index (χ1n) is 6.12. The first kappa shape index (κ1) is 13.8. The number of aromatic nitrogens is 4. The van der Waals surface area contributed by atoms with Gasteiger partial charge in [-0.3, -0.25) is 0 Å². The molecule has 0 atom stereocenters. The van der Waals surface area contributed by atoms with Crippen LogP contribution in [-0.4, -0.2) is 19.2 Å². The summed E-state index contributed by atoms with van der Waals surface area (Å²) in [4.78, 5) is 0. The lowest BCUT2D eigenvalue weighted by Crippen LogP contribution is -1.83. The van der Waals surface area contributed by atoms with Crippen molar-refractivity contribution in [3.63, 3.8) is 0 Å². The zero-order valence-electron chi connectivity index (χ0n) is 10.6. The van der Waals surface area contributed by atoms with Crippen LogP contribution in [0.3, 0.4) is 0 Å². The summed E-state index contributed by atoms with van der Waals surface area (Å²) < 4.78 is 3.70. The fraction of sp³-hybridized carbons (Fsp3) is 0.125. The highest BCUT2D eigenvalue weighted by molar-refractivity contribution is 5.46. The van der Waals surface area contributed by atoms with E-state index in [1.807, 2.05) is 70.8 Å². The predicted molar refractivity (Wildman–Crippen MR) is 81.9 cm³/mol. The average molecular weight is 266 g/mol. The Balaban J connectivity index is 0.000000141. The summed E-state index contributed by atoms with van der Waals surface area (Å²) in [6.45, 7) is 1.99. The SMILES string of the molecule is C.Cc1cc2ccccn2n1.c1ccn2nccc2c1. The number of pyridine rings is 2. The fourth-order valence-corrected chi connectivity index (χ4v) is 1.93. The third-order valence-electron chi connectivity index (χ3n) is 2.80. The summed E-state index contributed by atoms with van der Waals surface area (Å²) in [5, 5.41) is 8.27. The average Bonchev–Trinajstić information content (AvgIpc) is 3.03. The van der Waals surface area contributed by atoms with Crippen LogP contribution >= 0.6 is 0 Å². The topological polar surface area (TPSA) is 34.6 Å². The molecule has 20 heavy (non-hydrogen) atoms. The summed E-state index contributed by atoms with van der Waals surface area (Å²) in [6, 6.07) is 16.0. The molecule has 4 nitrogen and oxygen atoms in total. The Morgan fingerprint density at radius 3 is 2.25 bits per heavy atom. The summed E-state index contributed by atoms with van der Waals surface area (Å²) in [5.74, 6) is 0. The largest absolute Gasteiger partial charge is 0.241 e. The van der Waals surface area contributed by atoms with Gasteiger partial charge in [-0.25, -0.2) is 9.03 Å². The first-order chi connectivity index (χ1) is 9.33. The summed E-state index contributed by atoms with van der Waals surface area (Å²) in [6.07, 6.45) is 5.66. The van der Waals surface area contributed by atoms with E-state index in [2.05, 4.69) is 16.3 Å². The standard InChI is InChI=1S/C8H8N2.C7H6N2.CH4/c1-7-6-8-4-2-3-5-10(8)9-7;1-2-6-9-7(3-1)4-5-8-9;/h2-6H,1H3;1-6H;1H4. The van der Waals surface area contributed by atoms with Gasteiger partial charge in [-0.2, -0.15) is 10.2 Å². The van der Waals surface area contributed by atoms with Crippen LogP contribution < -0.4 is 0 Å². The van der Waals surface area contributed by atoms with Gasteiger partial charge < -0.3 is 0 Å². The van der Waals surface area contributed by atoms with Gasteiger partial charge in [-0.15, -0.1) is 0 Å². The monoisotopic (exact) mass is 266 g/mol. The normalized spacial score (nSPS) is 9.85. The van der Waals surface area contributed by atoms with Crippen LogP contribution in [0.4, 0.5) is 0 Å². The molecule has 0 aliphatic rings. The van der Waals surface area contributed by atoms with Gasteiger partial charge in [0.2, 0.25) is 0 Å². The lowest BCUT2D eigenvalue weighted by atomic mass is 10.4. The van der Waals surface area contributed by atoms with E-state index in [0.717, 1.165) is 16.7 Å². The number of aryl methyl sites for hydroxylation is 1. The number of rotatable bonds is 0. The summed E-state index contributed by atoms with van der Waals surface area (Å²) >= 11 is 0. The van der Waals surface area contributed by atoms with Crippen LogP contribution in [0.2, 0.25) is 0 Å². The van der Waals surface area contributed by atoms with E-state index in [-0.39, 0.29) is 7.43 Å². The van der Waals surface area contributed by atoms with Crippen molar-refractivity contribution in [3.8, 4) is 0 Å². The van der Waals surface area contributed by atoms with Crippen LogP contribution in [-0.2, 0) is 0 Å². The summed E-state index contributed by atoms with van der Waals surface area (Å²) in [5.41, 5.74) is 3.35.